The maximum atomic E-state index is 12.8. The number of hydrogen-bond acceptors (Lipinski definition) is 4. The van der Waals surface area contributed by atoms with Crippen LogP contribution in [0.2, 0.25) is 5.02 Å². The van der Waals surface area contributed by atoms with Crippen molar-refractivity contribution in [1.82, 2.24) is 4.31 Å². The maximum absolute atomic E-state index is 12.8. The molecule has 0 fully saturated rings. The van der Waals surface area contributed by atoms with Gasteiger partial charge in [-0.3, -0.25) is 4.79 Å². The van der Waals surface area contributed by atoms with Crippen LogP contribution in [0.3, 0.4) is 0 Å². The lowest BCUT2D eigenvalue weighted by Crippen LogP contribution is -2.38. The van der Waals surface area contributed by atoms with Gasteiger partial charge in [-0.25, -0.2) is 8.42 Å². The molecule has 0 heterocycles. The molecule has 1 N–H and O–H groups in total. The SMILES string of the molecule is CCCN(CC(=O)Nc1ccc(SC)cc1)S(=O)(=O)c1ccc(Cl)cc1. The third kappa shape index (κ3) is 5.48. The number of benzene rings is 2. The predicted octanol–water partition coefficient (Wildman–Crippen LogP) is 4.10. The molecule has 0 aromatic heterocycles. The molecule has 0 saturated carbocycles. The molecule has 0 radical (unpaired) electrons. The minimum atomic E-state index is -3.77. The van der Waals surface area contributed by atoms with Gasteiger partial charge in [0.15, 0.2) is 0 Å². The van der Waals surface area contributed by atoms with Gasteiger partial charge in [0.05, 0.1) is 11.4 Å². The number of carbonyl (C=O) groups is 1. The van der Waals surface area contributed by atoms with E-state index in [1.807, 2.05) is 25.3 Å². The largest absolute Gasteiger partial charge is 0.325 e. The zero-order valence-electron chi connectivity index (χ0n) is 14.6. The summed E-state index contributed by atoms with van der Waals surface area (Å²) in [6.45, 7) is 1.87. The number of nitrogens with one attached hydrogen (secondary N) is 1. The highest BCUT2D eigenvalue weighted by Gasteiger charge is 2.26. The Morgan fingerprint density at radius 1 is 1.12 bits per heavy atom. The Balaban J connectivity index is 2.13. The van der Waals surface area contributed by atoms with E-state index in [9.17, 15) is 13.2 Å². The van der Waals surface area contributed by atoms with E-state index in [0.717, 1.165) is 4.90 Å². The first kappa shape index (κ1) is 20.8. The number of carbonyl (C=O) groups excluding carboxylic acids is 1. The number of thioether (sulfide) groups is 1. The molecule has 5 nitrogen and oxygen atoms in total. The maximum Gasteiger partial charge on any atom is 0.243 e. The first-order chi connectivity index (χ1) is 12.4. The van der Waals surface area contributed by atoms with Crippen LogP contribution in [0.5, 0.6) is 0 Å². The van der Waals surface area contributed by atoms with E-state index in [4.69, 9.17) is 11.6 Å². The van der Waals surface area contributed by atoms with E-state index in [1.54, 1.807) is 23.9 Å². The van der Waals surface area contributed by atoms with Crippen LogP contribution in [0.4, 0.5) is 5.69 Å². The highest BCUT2D eigenvalue weighted by Crippen LogP contribution is 2.20. The quantitative estimate of drug-likeness (QED) is 0.663. The average Bonchev–Trinajstić information content (AvgIpc) is 2.62. The third-order valence-electron chi connectivity index (χ3n) is 3.62. The van der Waals surface area contributed by atoms with Crippen LogP contribution in [0, 0.1) is 0 Å². The Kier molecular flexibility index (Phi) is 7.52. The second-order valence-corrected chi connectivity index (χ2v) is 8.82. The second kappa shape index (κ2) is 9.41. The van der Waals surface area contributed by atoms with Gasteiger partial charge in [0.1, 0.15) is 0 Å². The van der Waals surface area contributed by atoms with Gasteiger partial charge in [-0.15, -0.1) is 11.8 Å². The average molecular weight is 413 g/mol. The van der Waals surface area contributed by atoms with Crippen molar-refractivity contribution in [2.24, 2.45) is 0 Å². The summed E-state index contributed by atoms with van der Waals surface area (Å²) >= 11 is 7.43. The summed E-state index contributed by atoms with van der Waals surface area (Å²) in [5.41, 5.74) is 0.633. The lowest BCUT2D eigenvalue weighted by atomic mass is 10.3. The Labute approximate surface area is 163 Å². The molecule has 0 bridgehead atoms. The molecule has 26 heavy (non-hydrogen) atoms. The Hall–Kier alpha value is -1.54. The Morgan fingerprint density at radius 3 is 2.27 bits per heavy atom. The molecule has 0 unspecified atom stereocenters. The van der Waals surface area contributed by atoms with Crippen molar-refractivity contribution >= 4 is 45.0 Å². The van der Waals surface area contributed by atoms with E-state index in [2.05, 4.69) is 5.32 Å². The van der Waals surface area contributed by atoms with Gasteiger partial charge in [-0.1, -0.05) is 18.5 Å². The van der Waals surface area contributed by atoms with Crippen molar-refractivity contribution in [2.45, 2.75) is 23.1 Å². The minimum absolute atomic E-state index is 0.118. The molecule has 0 atom stereocenters. The number of hydrogen-bond donors (Lipinski definition) is 1. The van der Waals surface area contributed by atoms with Gasteiger partial charge in [-0.2, -0.15) is 4.31 Å². The Bertz CT molecular complexity index is 838. The van der Waals surface area contributed by atoms with E-state index in [1.165, 1.54) is 28.6 Å². The molecule has 0 aliphatic heterocycles. The number of rotatable bonds is 8. The van der Waals surface area contributed by atoms with E-state index in [-0.39, 0.29) is 23.9 Å². The molecule has 2 rings (SSSR count). The lowest BCUT2D eigenvalue weighted by Gasteiger charge is -2.21. The molecule has 140 valence electrons. The number of anilines is 1. The van der Waals surface area contributed by atoms with Crippen LogP contribution < -0.4 is 5.32 Å². The van der Waals surface area contributed by atoms with Crippen molar-refractivity contribution in [1.29, 1.82) is 0 Å². The second-order valence-electron chi connectivity index (χ2n) is 5.57. The van der Waals surface area contributed by atoms with Gasteiger partial charge in [-0.05, 0) is 61.2 Å². The molecule has 0 saturated heterocycles. The summed E-state index contributed by atoms with van der Waals surface area (Å²) in [7, 11) is -3.77. The summed E-state index contributed by atoms with van der Waals surface area (Å²) in [4.78, 5) is 13.5. The van der Waals surface area contributed by atoms with Crippen molar-refractivity contribution in [3.63, 3.8) is 0 Å². The molecular formula is C18H21ClN2O3S2. The first-order valence-electron chi connectivity index (χ1n) is 8.06. The van der Waals surface area contributed by atoms with Crippen molar-refractivity contribution in [3.8, 4) is 0 Å². The summed E-state index contributed by atoms with van der Waals surface area (Å²) in [6.07, 6.45) is 2.57. The highest BCUT2D eigenvalue weighted by atomic mass is 35.5. The lowest BCUT2D eigenvalue weighted by molar-refractivity contribution is -0.116. The first-order valence-corrected chi connectivity index (χ1v) is 11.1. The van der Waals surface area contributed by atoms with Gasteiger partial charge in [0.25, 0.3) is 0 Å². The summed E-state index contributed by atoms with van der Waals surface area (Å²) in [6, 6.07) is 13.3. The summed E-state index contributed by atoms with van der Waals surface area (Å²) in [5.74, 6) is -0.382. The summed E-state index contributed by atoms with van der Waals surface area (Å²) < 4.78 is 26.8. The third-order valence-corrected chi connectivity index (χ3v) is 6.47. The van der Waals surface area contributed by atoms with E-state index < -0.39 is 10.0 Å². The normalized spacial score (nSPS) is 11.5. The molecule has 8 heteroatoms. The molecule has 2 aromatic carbocycles. The molecule has 1 amide bonds. The van der Waals surface area contributed by atoms with Crippen molar-refractivity contribution < 1.29 is 13.2 Å². The zero-order chi connectivity index (χ0) is 19.2. The smallest absolute Gasteiger partial charge is 0.243 e. The Morgan fingerprint density at radius 2 is 1.73 bits per heavy atom. The monoisotopic (exact) mass is 412 g/mol. The standard InChI is InChI=1S/C18H21ClN2O3S2/c1-3-12-21(26(23,24)17-10-4-14(19)5-11-17)13-18(22)20-15-6-8-16(25-2)9-7-15/h4-11H,3,12-13H2,1-2H3,(H,20,22). The van der Waals surface area contributed by atoms with Crippen LogP contribution in [-0.4, -0.2) is 38.0 Å². The molecule has 2 aromatic rings. The fourth-order valence-corrected chi connectivity index (χ4v) is 4.35. The minimum Gasteiger partial charge on any atom is -0.325 e. The molecule has 0 aliphatic carbocycles. The number of amides is 1. The fourth-order valence-electron chi connectivity index (χ4n) is 2.32. The predicted molar refractivity (Wildman–Crippen MR) is 107 cm³/mol. The molecular weight excluding hydrogens is 392 g/mol. The number of halogens is 1. The topological polar surface area (TPSA) is 66.5 Å². The van der Waals surface area contributed by atoms with E-state index >= 15 is 0 Å². The molecule has 0 spiro atoms. The number of nitrogens with zero attached hydrogens (tertiary/aromatic N) is 1. The van der Waals surface area contributed by atoms with Crippen LogP contribution in [0.15, 0.2) is 58.3 Å². The van der Waals surface area contributed by atoms with Crippen LogP contribution in [-0.2, 0) is 14.8 Å². The summed E-state index contributed by atoms with van der Waals surface area (Å²) in [5, 5.41) is 3.20. The molecule has 0 aliphatic rings. The number of sulfonamides is 1. The van der Waals surface area contributed by atoms with E-state index in [0.29, 0.717) is 17.1 Å². The van der Waals surface area contributed by atoms with Gasteiger partial charge in [0, 0.05) is 22.2 Å². The van der Waals surface area contributed by atoms with Gasteiger partial charge >= 0.3 is 0 Å². The van der Waals surface area contributed by atoms with Crippen molar-refractivity contribution in [2.75, 3.05) is 24.7 Å². The van der Waals surface area contributed by atoms with Crippen molar-refractivity contribution in [3.05, 3.63) is 53.6 Å². The van der Waals surface area contributed by atoms with Crippen LogP contribution in [0.1, 0.15) is 13.3 Å². The highest BCUT2D eigenvalue weighted by molar-refractivity contribution is 7.98. The van der Waals surface area contributed by atoms with Gasteiger partial charge < -0.3 is 5.32 Å². The van der Waals surface area contributed by atoms with Crippen LogP contribution in [0.25, 0.3) is 0 Å². The van der Waals surface area contributed by atoms with Gasteiger partial charge in [0.2, 0.25) is 15.9 Å². The van der Waals surface area contributed by atoms with Crippen LogP contribution >= 0.6 is 23.4 Å². The fraction of sp³-hybridized carbons (Fsp3) is 0.278. The zero-order valence-corrected chi connectivity index (χ0v) is 17.0.